The summed E-state index contributed by atoms with van der Waals surface area (Å²) >= 11 is 5.15. The molecule has 4 heteroatoms. The van der Waals surface area contributed by atoms with Crippen LogP contribution in [0.5, 0.6) is 0 Å². The smallest absolute Gasteiger partial charge is 0.129 e. The quantitative estimate of drug-likeness (QED) is 0.806. The Morgan fingerprint density at radius 1 is 1.19 bits per heavy atom. The summed E-state index contributed by atoms with van der Waals surface area (Å²) in [5.74, 6) is -0.297. The molecule has 0 spiro atoms. The van der Waals surface area contributed by atoms with Gasteiger partial charge in [0.15, 0.2) is 0 Å². The van der Waals surface area contributed by atoms with E-state index in [1.807, 2.05) is 12.1 Å². The molecule has 0 amide bonds. The second-order valence-corrected chi connectivity index (χ2v) is 3.59. The van der Waals surface area contributed by atoms with E-state index in [2.05, 4.69) is 10.3 Å². The van der Waals surface area contributed by atoms with Gasteiger partial charge in [-0.25, -0.2) is 4.39 Å². The Hall–Kier alpha value is -1.81. The first-order chi connectivity index (χ1) is 7.75. The highest BCUT2D eigenvalue weighted by Crippen LogP contribution is 2.10. The summed E-state index contributed by atoms with van der Waals surface area (Å²) in [5.41, 5.74) is 1.29. The first-order valence-electron chi connectivity index (χ1n) is 4.73. The standard InChI is InChI=1S/C12H9FN2S/c13-9-4-3-5-10(8-9)15-12(16)11-6-1-2-7-14-11/h1-8H,(H,15,16). The van der Waals surface area contributed by atoms with Crippen LogP contribution in [0.25, 0.3) is 0 Å². The van der Waals surface area contributed by atoms with E-state index in [4.69, 9.17) is 12.2 Å². The predicted octanol–water partition coefficient (Wildman–Crippen LogP) is 3.01. The minimum atomic E-state index is -0.297. The van der Waals surface area contributed by atoms with Crippen molar-refractivity contribution in [3.63, 3.8) is 0 Å². The van der Waals surface area contributed by atoms with Crippen molar-refractivity contribution in [1.29, 1.82) is 0 Å². The first-order valence-corrected chi connectivity index (χ1v) is 5.14. The Labute approximate surface area is 98.1 Å². The lowest BCUT2D eigenvalue weighted by molar-refractivity contribution is 0.628. The van der Waals surface area contributed by atoms with E-state index in [9.17, 15) is 4.39 Å². The highest BCUT2D eigenvalue weighted by atomic mass is 32.1. The maximum atomic E-state index is 12.9. The van der Waals surface area contributed by atoms with E-state index in [0.29, 0.717) is 16.4 Å². The number of rotatable bonds is 2. The Morgan fingerprint density at radius 3 is 2.75 bits per heavy atom. The SMILES string of the molecule is Fc1cccc(NC(=S)c2ccccn2)c1. The van der Waals surface area contributed by atoms with E-state index in [0.717, 1.165) is 0 Å². The second kappa shape index (κ2) is 4.81. The summed E-state index contributed by atoms with van der Waals surface area (Å²) in [7, 11) is 0. The number of halogens is 1. The van der Waals surface area contributed by atoms with Crippen LogP contribution in [-0.4, -0.2) is 9.97 Å². The Balaban J connectivity index is 2.14. The lowest BCUT2D eigenvalue weighted by Crippen LogP contribution is -2.11. The Kier molecular flexibility index (Phi) is 3.22. The van der Waals surface area contributed by atoms with Crippen molar-refractivity contribution in [2.45, 2.75) is 0 Å². The fourth-order valence-corrected chi connectivity index (χ4v) is 1.50. The van der Waals surface area contributed by atoms with Gasteiger partial charge in [-0.3, -0.25) is 4.98 Å². The van der Waals surface area contributed by atoms with Gasteiger partial charge in [0.2, 0.25) is 0 Å². The topological polar surface area (TPSA) is 24.9 Å². The first kappa shape index (κ1) is 10.7. The number of nitrogens with zero attached hydrogens (tertiary/aromatic N) is 1. The van der Waals surface area contributed by atoms with Crippen molar-refractivity contribution >= 4 is 22.9 Å². The highest BCUT2D eigenvalue weighted by molar-refractivity contribution is 7.81. The van der Waals surface area contributed by atoms with Gasteiger partial charge in [0.05, 0.1) is 5.69 Å². The number of hydrogen-bond donors (Lipinski definition) is 1. The van der Waals surface area contributed by atoms with Crippen molar-refractivity contribution in [1.82, 2.24) is 4.98 Å². The lowest BCUT2D eigenvalue weighted by Gasteiger charge is -2.06. The molecule has 1 aromatic heterocycles. The third kappa shape index (κ3) is 2.61. The average Bonchev–Trinajstić information content (AvgIpc) is 2.30. The molecule has 0 saturated heterocycles. The third-order valence-electron chi connectivity index (χ3n) is 1.98. The maximum Gasteiger partial charge on any atom is 0.129 e. The summed E-state index contributed by atoms with van der Waals surface area (Å²) in [5, 5.41) is 2.93. The number of hydrogen-bond acceptors (Lipinski definition) is 2. The van der Waals surface area contributed by atoms with Crippen LogP contribution < -0.4 is 5.32 Å². The number of thiocarbonyl (C=S) groups is 1. The summed E-state index contributed by atoms with van der Waals surface area (Å²) in [6.07, 6.45) is 1.66. The normalized spacial score (nSPS) is 9.81. The van der Waals surface area contributed by atoms with E-state index in [-0.39, 0.29) is 5.82 Å². The van der Waals surface area contributed by atoms with Crippen molar-refractivity contribution in [2.24, 2.45) is 0 Å². The molecule has 2 nitrogen and oxygen atoms in total. The molecule has 0 aliphatic rings. The molecule has 0 radical (unpaired) electrons. The fraction of sp³-hybridized carbons (Fsp3) is 0. The summed E-state index contributed by atoms with van der Waals surface area (Å²) in [6, 6.07) is 11.6. The van der Waals surface area contributed by atoms with Crippen LogP contribution >= 0.6 is 12.2 Å². The molecule has 16 heavy (non-hydrogen) atoms. The van der Waals surface area contributed by atoms with Crippen LogP contribution in [0.4, 0.5) is 10.1 Å². The molecular weight excluding hydrogens is 223 g/mol. The Morgan fingerprint density at radius 2 is 2.06 bits per heavy atom. The molecular formula is C12H9FN2S. The molecule has 2 aromatic rings. The summed E-state index contributed by atoms with van der Waals surface area (Å²) in [6.45, 7) is 0. The van der Waals surface area contributed by atoms with Gasteiger partial charge in [-0.1, -0.05) is 24.4 Å². The van der Waals surface area contributed by atoms with Gasteiger partial charge < -0.3 is 5.32 Å². The fourth-order valence-electron chi connectivity index (χ4n) is 1.26. The number of anilines is 1. The van der Waals surface area contributed by atoms with Gasteiger partial charge in [-0.05, 0) is 30.3 Å². The molecule has 0 aliphatic carbocycles. The molecule has 80 valence electrons. The molecule has 1 aromatic carbocycles. The van der Waals surface area contributed by atoms with Gasteiger partial charge >= 0.3 is 0 Å². The zero-order valence-electron chi connectivity index (χ0n) is 8.35. The molecule has 0 aliphatic heterocycles. The minimum absolute atomic E-state index is 0.297. The van der Waals surface area contributed by atoms with Crippen LogP contribution in [0.1, 0.15) is 5.69 Å². The van der Waals surface area contributed by atoms with Crippen LogP contribution in [-0.2, 0) is 0 Å². The monoisotopic (exact) mass is 232 g/mol. The number of pyridine rings is 1. The molecule has 0 unspecified atom stereocenters. The van der Waals surface area contributed by atoms with E-state index >= 15 is 0 Å². The summed E-state index contributed by atoms with van der Waals surface area (Å²) < 4.78 is 12.9. The van der Waals surface area contributed by atoms with E-state index in [1.165, 1.54) is 12.1 Å². The molecule has 0 atom stereocenters. The van der Waals surface area contributed by atoms with Crippen molar-refractivity contribution in [3.8, 4) is 0 Å². The molecule has 2 rings (SSSR count). The van der Waals surface area contributed by atoms with Gasteiger partial charge in [0.25, 0.3) is 0 Å². The van der Waals surface area contributed by atoms with Gasteiger partial charge in [0, 0.05) is 11.9 Å². The van der Waals surface area contributed by atoms with Crippen molar-refractivity contribution < 1.29 is 4.39 Å². The molecule has 1 heterocycles. The van der Waals surface area contributed by atoms with Crippen LogP contribution in [0, 0.1) is 5.82 Å². The third-order valence-corrected chi connectivity index (χ3v) is 2.29. The summed E-state index contributed by atoms with van der Waals surface area (Å²) in [4.78, 5) is 4.58. The van der Waals surface area contributed by atoms with Crippen molar-refractivity contribution in [2.75, 3.05) is 5.32 Å². The number of benzene rings is 1. The number of aromatic nitrogens is 1. The molecule has 0 bridgehead atoms. The second-order valence-electron chi connectivity index (χ2n) is 3.18. The van der Waals surface area contributed by atoms with Crippen LogP contribution in [0.3, 0.4) is 0 Å². The highest BCUT2D eigenvalue weighted by Gasteiger charge is 2.02. The van der Waals surface area contributed by atoms with Crippen molar-refractivity contribution in [3.05, 3.63) is 60.2 Å². The Bertz CT molecular complexity index is 499. The predicted molar refractivity (Wildman–Crippen MR) is 66.0 cm³/mol. The van der Waals surface area contributed by atoms with Crippen LogP contribution in [0.2, 0.25) is 0 Å². The average molecular weight is 232 g/mol. The maximum absolute atomic E-state index is 12.9. The lowest BCUT2D eigenvalue weighted by atomic mass is 10.3. The van der Waals surface area contributed by atoms with E-state index < -0.39 is 0 Å². The molecule has 0 fully saturated rings. The molecule has 1 N–H and O–H groups in total. The number of nitrogens with one attached hydrogen (secondary N) is 1. The zero-order valence-corrected chi connectivity index (χ0v) is 9.17. The minimum Gasteiger partial charge on any atom is -0.345 e. The van der Waals surface area contributed by atoms with E-state index in [1.54, 1.807) is 24.4 Å². The van der Waals surface area contributed by atoms with Crippen LogP contribution in [0.15, 0.2) is 48.7 Å². The zero-order chi connectivity index (χ0) is 11.4. The molecule has 0 saturated carbocycles. The van der Waals surface area contributed by atoms with Gasteiger partial charge in [-0.2, -0.15) is 0 Å². The largest absolute Gasteiger partial charge is 0.345 e. The van der Waals surface area contributed by atoms with Gasteiger partial charge in [0.1, 0.15) is 10.8 Å². The van der Waals surface area contributed by atoms with Gasteiger partial charge in [-0.15, -0.1) is 0 Å².